The van der Waals surface area contributed by atoms with Crippen molar-refractivity contribution in [3.05, 3.63) is 12.0 Å². The molecule has 2 bridgehead atoms. The number of nitrogens with zero attached hydrogens (tertiary/aromatic N) is 1. The minimum absolute atomic E-state index is 0.153. The first-order valence-electron chi connectivity index (χ1n) is 5.63. The molecule has 3 rings (SSSR count). The minimum Gasteiger partial charge on any atom is -0.472 e. The molecule has 1 unspecified atom stereocenters. The maximum Gasteiger partial charge on any atom is 0.242 e. The van der Waals surface area contributed by atoms with E-state index in [2.05, 4.69) is 0 Å². The van der Waals surface area contributed by atoms with Crippen molar-refractivity contribution in [2.75, 3.05) is 6.61 Å². The van der Waals surface area contributed by atoms with Gasteiger partial charge in [0.15, 0.2) is 5.78 Å². The monoisotopic (exact) mass is 239 g/mol. The highest BCUT2D eigenvalue weighted by molar-refractivity contribution is 6.09. The van der Waals surface area contributed by atoms with Crippen LogP contribution in [0.5, 0.6) is 0 Å². The number of rotatable bonds is 1. The van der Waals surface area contributed by atoms with Gasteiger partial charge in [-0.3, -0.25) is 14.5 Å². The first-order valence-corrected chi connectivity index (χ1v) is 5.63. The molecular formula is C11H13NO5. The molecular weight excluding hydrogens is 226 g/mol. The molecule has 2 saturated heterocycles. The molecule has 4 atom stereocenters. The van der Waals surface area contributed by atoms with Crippen molar-refractivity contribution in [1.82, 2.24) is 4.90 Å². The molecule has 1 amide bonds. The van der Waals surface area contributed by atoms with Crippen LogP contribution in [-0.4, -0.2) is 46.7 Å². The Kier molecular flexibility index (Phi) is 2.24. The molecule has 3 aliphatic rings. The molecule has 0 aromatic carbocycles. The molecule has 17 heavy (non-hydrogen) atoms. The van der Waals surface area contributed by atoms with E-state index in [1.807, 2.05) is 0 Å². The molecule has 0 aromatic heterocycles. The summed E-state index contributed by atoms with van der Waals surface area (Å²) < 4.78 is 11.1. The zero-order chi connectivity index (χ0) is 12.2. The number of allylic oxidation sites excluding steroid dienone is 1. The van der Waals surface area contributed by atoms with E-state index in [1.54, 1.807) is 6.92 Å². The maximum absolute atomic E-state index is 12.0. The highest BCUT2D eigenvalue weighted by Gasteiger charge is 2.50. The summed E-state index contributed by atoms with van der Waals surface area (Å²) in [4.78, 5) is 24.9. The molecule has 6 heteroatoms. The Balaban J connectivity index is 1.96. The van der Waals surface area contributed by atoms with Crippen molar-refractivity contribution in [1.29, 1.82) is 0 Å². The lowest BCUT2D eigenvalue weighted by molar-refractivity contribution is -0.154. The lowest BCUT2D eigenvalue weighted by atomic mass is 9.99. The van der Waals surface area contributed by atoms with Gasteiger partial charge in [-0.25, -0.2) is 0 Å². The van der Waals surface area contributed by atoms with Crippen LogP contribution in [0.2, 0.25) is 0 Å². The van der Waals surface area contributed by atoms with Crippen molar-refractivity contribution < 1.29 is 24.2 Å². The van der Waals surface area contributed by atoms with E-state index in [9.17, 15) is 9.59 Å². The second-order valence-electron chi connectivity index (χ2n) is 4.52. The van der Waals surface area contributed by atoms with Gasteiger partial charge in [-0.05, 0) is 6.92 Å². The van der Waals surface area contributed by atoms with Gasteiger partial charge >= 0.3 is 0 Å². The molecule has 0 aliphatic carbocycles. The Bertz CT molecular complexity index is 418. The molecule has 3 aliphatic heterocycles. The summed E-state index contributed by atoms with van der Waals surface area (Å²) in [7, 11) is 0. The standard InChI is InChI=1S/C11H13NO5/c1-5-6(14)2-9-12(11(5)15)10-3-7(16-9)8(4-13)17-10/h2,5,7-8,10,13H,3-4H2,1H3/t5?,7-,8-,10-/m1/s1. The summed E-state index contributed by atoms with van der Waals surface area (Å²) >= 11 is 0. The summed E-state index contributed by atoms with van der Waals surface area (Å²) in [5.41, 5.74) is 0. The van der Waals surface area contributed by atoms with Crippen molar-refractivity contribution in [2.24, 2.45) is 5.92 Å². The van der Waals surface area contributed by atoms with Crippen molar-refractivity contribution in [2.45, 2.75) is 31.8 Å². The largest absolute Gasteiger partial charge is 0.472 e. The first kappa shape index (κ1) is 10.7. The first-order chi connectivity index (χ1) is 8.11. The number of ether oxygens (including phenoxy) is 2. The molecule has 3 heterocycles. The number of aliphatic hydroxyl groups is 1. The number of amides is 1. The fraction of sp³-hybridized carbons (Fsp3) is 0.636. The number of ketones is 1. The fourth-order valence-corrected chi connectivity index (χ4v) is 2.43. The third kappa shape index (κ3) is 1.41. The van der Waals surface area contributed by atoms with Crippen LogP contribution in [0, 0.1) is 5.92 Å². The number of hydrogen-bond acceptors (Lipinski definition) is 5. The smallest absolute Gasteiger partial charge is 0.242 e. The Morgan fingerprint density at radius 2 is 2.29 bits per heavy atom. The molecule has 0 saturated carbocycles. The molecule has 6 nitrogen and oxygen atoms in total. The summed E-state index contributed by atoms with van der Waals surface area (Å²) in [6.07, 6.45) is 0.759. The van der Waals surface area contributed by atoms with E-state index in [-0.39, 0.29) is 30.3 Å². The van der Waals surface area contributed by atoms with Gasteiger partial charge in [-0.1, -0.05) is 0 Å². The predicted molar refractivity (Wildman–Crippen MR) is 54.3 cm³/mol. The highest BCUT2D eigenvalue weighted by Crippen LogP contribution is 2.38. The van der Waals surface area contributed by atoms with E-state index in [1.165, 1.54) is 11.0 Å². The van der Waals surface area contributed by atoms with E-state index < -0.39 is 18.2 Å². The second-order valence-corrected chi connectivity index (χ2v) is 4.52. The maximum atomic E-state index is 12.0. The van der Waals surface area contributed by atoms with Crippen molar-refractivity contribution >= 4 is 11.7 Å². The topological polar surface area (TPSA) is 76.1 Å². The van der Waals surface area contributed by atoms with E-state index in [0.717, 1.165) is 0 Å². The number of fused-ring (bicyclic) bond motifs is 4. The molecule has 0 radical (unpaired) electrons. The van der Waals surface area contributed by atoms with Gasteiger partial charge in [0.05, 0.1) is 12.5 Å². The van der Waals surface area contributed by atoms with E-state index in [0.29, 0.717) is 6.42 Å². The molecule has 0 spiro atoms. The van der Waals surface area contributed by atoms with Crippen LogP contribution < -0.4 is 0 Å². The summed E-state index contributed by atoms with van der Waals surface area (Å²) in [5, 5.41) is 9.12. The van der Waals surface area contributed by atoms with Crippen LogP contribution in [0.15, 0.2) is 12.0 Å². The van der Waals surface area contributed by atoms with E-state index in [4.69, 9.17) is 14.6 Å². The lowest BCUT2D eigenvalue weighted by Crippen LogP contribution is -2.50. The van der Waals surface area contributed by atoms with Gasteiger partial charge in [-0.2, -0.15) is 0 Å². The number of carbonyl (C=O) groups is 2. The predicted octanol–water partition coefficient (Wildman–Crippen LogP) is -0.619. The Morgan fingerprint density at radius 3 is 3.00 bits per heavy atom. The van der Waals surface area contributed by atoms with E-state index >= 15 is 0 Å². The Labute approximate surface area is 97.8 Å². The zero-order valence-corrected chi connectivity index (χ0v) is 9.33. The molecule has 1 N–H and O–H groups in total. The normalized spacial score (nSPS) is 39.9. The average Bonchev–Trinajstić information content (AvgIpc) is 2.63. The van der Waals surface area contributed by atoms with Crippen LogP contribution >= 0.6 is 0 Å². The lowest BCUT2D eigenvalue weighted by Gasteiger charge is -2.37. The zero-order valence-electron chi connectivity index (χ0n) is 9.33. The number of carbonyl (C=O) groups excluding carboxylic acids is 2. The van der Waals surface area contributed by atoms with Crippen molar-refractivity contribution in [3.63, 3.8) is 0 Å². The Hall–Kier alpha value is -1.40. The fourth-order valence-electron chi connectivity index (χ4n) is 2.43. The summed E-state index contributed by atoms with van der Waals surface area (Å²) in [5.74, 6) is -0.969. The summed E-state index contributed by atoms with van der Waals surface area (Å²) in [6.45, 7) is 1.42. The number of hydrogen-bond donors (Lipinski definition) is 1. The van der Waals surface area contributed by atoms with Crippen LogP contribution in [0.1, 0.15) is 13.3 Å². The SMILES string of the molecule is CC1C(=O)C=C2O[C@@H]3C[C@@H](O[C@@H]3CO)N2C1=O. The van der Waals surface area contributed by atoms with Gasteiger partial charge < -0.3 is 14.6 Å². The average molecular weight is 239 g/mol. The van der Waals surface area contributed by atoms with Gasteiger partial charge in [0, 0.05) is 12.5 Å². The van der Waals surface area contributed by atoms with Crippen LogP contribution in [0.25, 0.3) is 0 Å². The third-order valence-electron chi connectivity index (χ3n) is 3.46. The molecule has 0 aromatic rings. The molecule has 92 valence electrons. The molecule has 2 fully saturated rings. The quantitative estimate of drug-likeness (QED) is 0.617. The van der Waals surface area contributed by atoms with Gasteiger partial charge in [0.2, 0.25) is 11.8 Å². The van der Waals surface area contributed by atoms with Crippen LogP contribution in [0.3, 0.4) is 0 Å². The van der Waals surface area contributed by atoms with Crippen molar-refractivity contribution in [3.8, 4) is 0 Å². The van der Waals surface area contributed by atoms with Gasteiger partial charge in [0.25, 0.3) is 0 Å². The van der Waals surface area contributed by atoms with Crippen LogP contribution in [0.4, 0.5) is 0 Å². The summed E-state index contributed by atoms with van der Waals surface area (Å²) in [6, 6.07) is 0. The minimum atomic E-state index is -0.685. The second kappa shape index (κ2) is 3.54. The van der Waals surface area contributed by atoms with Crippen LogP contribution in [-0.2, 0) is 19.1 Å². The van der Waals surface area contributed by atoms with Gasteiger partial charge in [0.1, 0.15) is 18.4 Å². The highest BCUT2D eigenvalue weighted by atomic mass is 16.6. The Morgan fingerprint density at radius 1 is 1.53 bits per heavy atom. The number of aliphatic hydroxyl groups excluding tert-OH is 1. The van der Waals surface area contributed by atoms with Gasteiger partial charge in [-0.15, -0.1) is 0 Å². The third-order valence-corrected chi connectivity index (χ3v) is 3.46.